The van der Waals surface area contributed by atoms with Gasteiger partial charge in [0.05, 0.1) is 41.1 Å². The summed E-state index contributed by atoms with van der Waals surface area (Å²) in [7, 11) is 1.33. The first-order valence-corrected chi connectivity index (χ1v) is 11.9. The lowest BCUT2D eigenvalue weighted by Crippen LogP contribution is -2.38. The summed E-state index contributed by atoms with van der Waals surface area (Å²) in [6.07, 6.45) is 5.45. The Morgan fingerprint density at radius 3 is 2.43 bits per heavy atom. The molecular formula is C27H24N2O5S. The maximum atomic E-state index is 13.5. The van der Waals surface area contributed by atoms with Crippen LogP contribution >= 0.6 is 11.3 Å². The fourth-order valence-corrected chi connectivity index (χ4v) is 4.82. The lowest BCUT2D eigenvalue weighted by Gasteiger charge is -2.21. The summed E-state index contributed by atoms with van der Waals surface area (Å²) >= 11 is 1.24. The molecule has 0 aliphatic carbocycles. The Balaban J connectivity index is 1.82. The predicted molar refractivity (Wildman–Crippen MR) is 135 cm³/mol. The molecule has 0 N–H and O–H groups in total. The molecular weight excluding hydrogens is 464 g/mol. The molecule has 1 aromatic heterocycles. The maximum absolute atomic E-state index is 13.5. The molecule has 8 heteroatoms. The van der Waals surface area contributed by atoms with Crippen molar-refractivity contribution >= 4 is 35.4 Å². The van der Waals surface area contributed by atoms with Crippen LogP contribution in [0, 0.1) is 0 Å². The number of aromatic nitrogens is 1. The molecule has 4 rings (SSSR count). The van der Waals surface area contributed by atoms with Gasteiger partial charge in [-0.3, -0.25) is 9.36 Å². The van der Waals surface area contributed by atoms with Gasteiger partial charge in [0.25, 0.3) is 5.56 Å². The monoisotopic (exact) mass is 488 g/mol. The lowest BCUT2D eigenvalue weighted by molar-refractivity contribution is -0.139. The van der Waals surface area contributed by atoms with E-state index in [1.807, 2.05) is 42.5 Å². The summed E-state index contributed by atoms with van der Waals surface area (Å²) in [6.45, 7) is 3.71. The summed E-state index contributed by atoms with van der Waals surface area (Å²) in [5.41, 5.74) is 2.70. The van der Waals surface area contributed by atoms with Gasteiger partial charge < -0.3 is 9.47 Å². The van der Waals surface area contributed by atoms with Crippen molar-refractivity contribution in [2.45, 2.75) is 19.9 Å². The Kier molecular flexibility index (Phi) is 7.22. The number of ether oxygens (including phenoxy) is 2. The van der Waals surface area contributed by atoms with E-state index in [2.05, 4.69) is 4.99 Å². The molecule has 3 aromatic rings. The quantitative estimate of drug-likeness (QED) is 0.497. The molecule has 2 heterocycles. The second-order valence-corrected chi connectivity index (χ2v) is 8.74. The van der Waals surface area contributed by atoms with Crippen LogP contribution in [0.3, 0.4) is 0 Å². The van der Waals surface area contributed by atoms with Crippen LogP contribution in [0.15, 0.2) is 81.7 Å². The molecule has 1 atom stereocenters. The topological polar surface area (TPSA) is 87.0 Å². The average Bonchev–Trinajstić information content (AvgIpc) is 3.17. The number of allylic oxidation sites excluding steroid dienone is 2. The minimum atomic E-state index is -0.658. The van der Waals surface area contributed by atoms with E-state index in [1.54, 1.807) is 44.2 Å². The van der Waals surface area contributed by atoms with Gasteiger partial charge in [0.2, 0.25) is 0 Å². The summed E-state index contributed by atoms with van der Waals surface area (Å²) in [6, 6.07) is 15.8. The van der Waals surface area contributed by atoms with Gasteiger partial charge in [-0.1, -0.05) is 66.0 Å². The summed E-state index contributed by atoms with van der Waals surface area (Å²) in [5.74, 6) is -0.924. The van der Waals surface area contributed by atoms with Crippen LogP contribution < -0.4 is 14.9 Å². The van der Waals surface area contributed by atoms with E-state index in [0.29, 0.717) is 26.2 Å². The molecule has 0 spiro atoms. The fraction of sp³-hybridized carbons (Fsp3) is 0.185. The Morgan fingerprint density at radius 2 is 1.77 bits per heavy atom. The fourth-order valence-electron chi connectivity index (χ4n) is 3.77. The van der Waals surface area contributed by atoms with Gasteiger partial charge in [0.1, 0.15) is 0 Å². The first kappa shape index (κ1) is 24.1. The lowest BCUT2D eigenvalue weighted by atomic mass is 10.0. The molecule has 0 radical (unpaired) electrons. The largest absolute Gasteiger partial charge is 0.465 e. The zero-order chi connectivity index (χ0) is 24.9. The Bertz CT molecular complexity index is 1500. The number of carbonyl (C=O) groups is 2. The highest BCUT2D eigenvalue weighted by Crippen LogP contribution is 2.26. The molecule has 0 amide bonds. The highest BCUT2D eigenvalue weighted by atomic mass is 32.1. The van der Waals surface area contributed by atoms with Crippen molar-refractivity contribution in [3.8, 4) is 0 Å². The van der Waals surface area contributed by atoms with Gasteiger partial charge >= 0.3 is 11.9 Å². The van der Waals surface area contributed by atoms with Gasteiger partial charge in [-0.15, -0.1) is 0 Å². The van der Waals surface area contributed by atoms with Gasteiger partial charge in [-0.2, -0.15) is 0 Å². The number of fused-ring (bicyclic) bond motifs is 1. The number of hydrogen-bond donors (Lipinski definition) is 0. The second kappa shape index (κ2) is 10.5. The highest BCUT2D eigenvalue weighted by molar-refractivity contribution is 7.07. The standard InChI is InChI=1S/C27H24N2O5S/c1-4-34-26(32)23-17(2)28-27-29(21(23)15-12-18-8-6-5-7-9-18)24(30)22(35-27)16-19-10-13-20(14-11-19)25(31)33-3/h5-16,21H,4H2,1-3H3/b15-12+,22-16+/t21-/m0/s1. The normalized spacial score (nSPS) is 15.6. The molecule has 0 bridgehead atoms. The van der Waals surface area contributed by atoms with Crippen molar-refractivity contribution in [1.29, 1.82) is 0 Å². The molecule has 2 aromatic carbocycles. The molecule has 178 valence electrons. The van der Waals surface area contributed by atoms with Crippen molar-refractivity contribution in [3.63, 3.8) is 0 Å². The Morgan fingerprint density at radius 1 is 1.06 bits per heavy atom. The van der Waals surface area contributed by atoms with E-state index in [4.69, 9.17) is 9.47 Å². The molecule has 0 unspecified atom stereocenters. The summed E-state index contributed by atoms with van der Waals surface area (Å²) in [5, 5.41) is 0. The maximum Gasteiger partial charge on any atom is 0.338 e. The number of thiazole rings is 1. The van der Waals surface area contributed by atoms with E-state index in [1.165, 1.54) is 23.0 Å². The first-order valence-electron chi connectivity index (χ1n) is 11.0. The van der Waals surface area contributed by atoms with E-state index in [0.717, 1.165) is 11.1 Å². The molecule has 1 aliphatic rings. The predicted octanol–water partition coefficient (Wildman–Crippen LogP) is 3.25. The first-order chi connectivity index (χ1) is 16.9. The van der Waals surface area contributed by atoms with E-state index in [9.17, 15) is 14.4 Å². The summed E-state index contributed by atoms with van der Waals surface area (Å²) in [4.78, 5) is 43.1. The SMILES string of the molecule is CCOC(=O)C1=C(C)N=c2s/c(=C/c3ccc(C(=O)OC)cc3)c(=O)n2[C@H]1/C=C/c1ccccc1. The van der Waals surface area contributed by atoms with Gasteiger partial charge in [0.15, 0.2) is 4.80 Å². The molecule has 0 saturated carbocycles. The smallest absolute Gasteiger partial charge is 0.338 e. The average molecular weight is 489 g/mol. The number of benzene rings is 2. The van der Waals surface area contributed by atoms with Gasteiger partial charge in [-0.25, -0.2) is 14.6 Å². The van der Waals surface area contributed by atoms with E-state index >= 15 is 0 Å². The molecule has 0 saturated heterocycles. The third-order valence-corrected chi connectivity index (χ3v) is 6.44. The molecule has 0 fully saturated rings. The number of carbonyl (C=O) groups excluding carboxylic acids is 2. The second-order valence-electron chi connectivity index (χ2n) is 7.73. The van der Waals surface area contributed by atoms with E-state index < -0.39 is 18.0 Å². The number of esters is 2. The van der Waals surface area contributed by atoms with Crippen molar-refractivity contribution in [1.82, 2.24) is 4.57 Å². The minimum Gasteiger partial charge on any atom is -0.465 e. The third-order valence-electron chi connectivity index (χ3n) is 5.46. The van der Waals surface area contributed by atoms with Crippen molar-refractivity contribution in [2.75, 3.05) is 13.7 Å². The van der Waals surface area contributed by atoms with Crippen LogP contribution in [0.1, 0.15) is 41.4 Å². The van der Waals surface area contributed by atoms with Crippen LogP contribution in [-0.2, 0) is 14.3 Å². The number of nitrogens with zero attached hydrogens (tertiary/aromatic N) is 2. The van der Waals surface area contributed by atoms with Crippen molar-refractivity contribution in [2.24, 2.45) is 4.99 Å². The minimum absolute atomic E-state index is 0.219. The van der Waals surface area contributed by atoms with Crippen LogP contribution in [0.4, 0.5) is 0 Å². The highest BCUT2D eigenvalue weighted by Gasteiger charge is 2.30. The van der Waals surface area contributed by atoms with Crippen molar-refractivity contribution < 1.29 is 19.1 Å². The van der Waals surface area contributed by atoms with Crippen LogP contribution in [-0.4, -0.2) is 30.2 Å². The van der Waals surface area contributed by atoms with Gasteiger partial charge in [0, 0.05) is 0 Å². The molecule has 1 aliphatic heterocycles. The number of methoxy groups -OCH3 is 1. The van der Waals surface area contributed by atoms with Gasteiger partial charge in [-0.05, 0) is 43.2 Å². The molecule has 7 nitrogen and oxygen atoms in total. The third kappa shape index (κ3) is 5.07. The number of rotatable bonds is 6. The zero-order valence-corrected chi connectivity index (χ0v) is 20.4. The number of hydrogen-bond acceptors (Lipinski definition) is 7. The van der Waals surface area contributed by atoms with Crippen LogP contribution in [0.25, 0.3) is 12.2 Å². The zero-order valence-electron chi connectivity index (χ0n) is 19.6. The van der Waals surface area contributed by atoms with Crippen molar-refractivity contribution in [3.05, 3.63) is 108 Å². The molecule has 35 heavy (non-hydrogen) atoms. The van der Waals surface area contributed by atoms with Crippen LogP contribution in [0.5, 0.6) is 0 Å². The Labute approximate surface area is 206 Å². The van der Waals surface area contributed by atoms with Crippen LogP contribution in [0.2, 0.25) is 0 Å². The Hall–Kier alpha value is -4.04. The summed E-state index contributed by atoms with van der Waals surface area (Å²) < 4.78 is 12.0. The van der Waals surface area contributed by atoms with E-state index in [-0.39, 0.29) is 12.2 Å².